The third-order valence-corrected chi connectivity index (χ3v) is 6.11. The van der Waals surface area contributed by atoms with Gasteiger partial charge in [-0.25, -0.2) is 4.79 Å². The summed E-state index contributed by atoms with van der Waals surface area (Å²) in [6, 6.07) is 12.4. The van der Waals surface area contributed by atoms with E-state index in [-0.39, 0.29) is 31.7 Å². The van der Waals surface area contributed by atoms with Gasteiger partial charge in [0.25, 0.3) is 11.8 Å². The van der Waals surface area contributed by atoms with Crippen LogP contribution < -0.4 is 14.8 Å². The van der Waals surface area contributed by atoms with Crippen molar-refractivity contribution in [2.24, 2.45) is 0 Å². The predicted molar refractivity (Wildman–Crippen MR) is 111 cm³/mol. The van der Waals surface area contributed by atoms with Gasteiger partial charge < -0.3 is 19.7 Å². The number of urea groups is 1. The van der Waals surface area contributed by atoms with E-state index in [1.54, 1.807) is 23.1 Å². The number of imide groups is 1. The number of benzene rings is 2. The van der Waals surface area contributed by atoms with E-state index in [4.69, 9.17) is 9.47 Å². The Hall–Kier alpha value is -3.55. The summed E-state index contributed by atoms with van der Waals surface area (Å²) in [6.07, 6.45) is 1.13. The average Bonchev–Trinajstić information content (AvgIpc) is 3.33. The molecule has 2 aromatic rings. The van der Waals surface area contributed by atoms with E-state index in [1.165, 1.54) is 4.90 Å². The fourth-order valence-electron chi connectivity index (χ4n) is 4.41. The van der Waals surface area contributed by atoms with E-state index in [0.29, 0.717) is 36.4 Å². The van der Waals surface area contributed by atoms with Gasteiger partial charge in [0, 0.05) is 12.1 Å². The highest BCUT2D eigenvalue weighted by molar-refractivity contribution is 6.07. The molecule has 0 aromatic heterocycles. The van der Waals surface area contributed by atoms with Crippen molar-refractivity contribution in [1.29, 1.82) is 0 Å². The number of rotatable bonds is 3. The number of nitrogens with one attached hydrogen (secondary N) is 1. The zero-order valence-corrected chi connectivity index (χ0v) is 17.2. The van der Waals surface area contributed by atoms with Gasteiger partial charge >= 0.3 is 6.03 Å². The molecule has 0 saturated carbocycles. The van der Waals surface area contributed by atoms with Crippen LogP contribution in [0.3, 0.4) is 0 Å². The molecule has 0 bridgehead atoms. The molecule has 160 valence electrons. The maximum atomic E-state index is 13.3. The molecule has 1 N–H and O–H groups in total. The number of piperidine rings is 1. The number of hydrogen-bond acceptors (Lipinski definition) is 5. The van der Waals surface area contributed by atoms with Gasteiger partial charge in [-0.2, -0.15) is 0 Å². The SMILES string of the molecule is Cc1ccc(CN2C(=O)NC3(CCCN(C(=O)c4ccc5c(c4)OCO5)C3)C2=O)cc1. The molecule has 2 fully saturated rings. The van der Waals surface area contributed by atoms with Crippen molar-refractivity contribution in [2.45, 2.75) is 31.8 Å². The van der Waals surface area contributed by atoms with Crippen LogP contribution >= 0.6 is 0 Å². The Labute approximate surface area is 179 Å². The van der Waals surface area contributed by atoms with Crippen molar-refractivity contribution in [3.05, 3.63) is 59.2 Å². The van der Waals surface area contributed by atoms with E-state index < -0.39 is 11.6 Å². The second kappa shape index (κ2) is 7.30. The minimum Gasteiger partial charge on any atom is -0.454 e. The second-order valence-electron chi connectivity index (χ2n) is 8.29. The van der Waals surface area contributed by atoms with Crippen molar-refractivity contribution in [3.8, 4) is 11.5 Å². The van der Waals surface area contributed by atoms with E-state index >= 15 is 0 Å². The van der Waals surface area contributed by atoms with Gasteiger partial charge in [-0.05, 0) is 43.5 Å². The maximum absolute atomic E-state index is 13.3. The molecule has 8 nitrogen and oxygen atoms in total. The van der Waals surface area contributed by atoms with Crippen molar-refractivity contribution < 1.29 is 23.9 Å². The number of likely N-dealkylation sites (tertiary alicyclic amines) is 1. The summed E-state index contributed by atoms with van der Waals surface area (Å²) in [5, 5.41) is 2.88. The van der Waals surface area contributed by atoms with Crippen molar-refractivity contribution in [1.82, 2.24) is 15.1 Å². The van der Waals surface area contributed by atoms with E-state index in [0.717, 1.165) is 11.1 Å². The number of carbonyl (C=O) groups excluding carboxylic acids is 3. The van der Waals surface area contributed by atoms with Crippen LogP contribution in [0.4, 0.5) is 4.79 Å². The molecule has 1 atom stereocenters. The van der Waals surface area contributed by atoms with Crippen LogP contribution in [0.1, 0.15) is 34.3 Å². The molecule has 2 saturated heterocycles. The van der Waals surface area contributed by atoms with Crippen LogP contribution in [0.5, 0.6) is 11.5 Å². The second-order valence-corrected chi connectivity index (χ2v) is 8.29. The molecule has 1 spiro atoms. The number of carbonyl (C=O) groups is 3. The number of amides is 4. The molecule has 3 heterocycles. The number of ether oxygens (including phenoxy) is 2. The third-order valence-electron chi connectivity index (χ3n) is 6.11. The molecule has 3 aliphatic rings. The Bertz CT molecular complexity index is 1070. The zero-order valence-electron chi connectivity index (χ0n) is 17.2. The van der Waals surface area contributed by atoms with Crippen LogP contribution in [0.25, 0.3) is 0 Å². The Morgan fingerprint density at radius 3 is 2.68 bits per heavy atom. The van der Waals surface area contributed by atoms with Crippen molar-refractivity contribution in [2.75, 3.05) is 19.9 Å². The topological polar surface area (TPSA) is 88.2 Å². The maximum Gasteiger partial charge on any atom is 0.325 e. The highest BCUT2D eigenvalue weighted by Gasteiger charge is 2.53. The van der Waals surface area contributed by atoms with Gasteiger partial charge in [-0.1, -0.05) is 29.8 Å². The average molecular weight is 421 g/mol. The van der Waals surface area contributed by atoms with E-state index in [9.17, 15) is 14.4 Å². The van der Waals surface area contributed by atoms with Crippen LogP contribution in [-0.2, 0) is 11.3 Å². The van der Waals surface area contributed by atoms with Gasteiger partial charge in [0.15, 0.2) is 11.5 Å². The molecule has 3 aliphatic heterocycles. The molecule has 0 aliphatic carbocycles. The molecule has 0 radical (unpaired) electrons. The molecule has 31 heavy (non-hydrogen) atoms. The number of hydrogen-bond donors (Lipinski definition) is 1. The lowest BCUT2D eigenvalue weighted by Crippen LogP contribution is -2.59. The number of nitrogens with zero attached hydrogens (tertiary/aromatic N) is 2. The highest BCUT2D eigenvalue weighted by Crippen LogP contribution is 2.34. The molecule has 8 heteroatoms. The zero-order chi connectivity index (χ0) is 21.6. The summed E-state index contributed by atoms with van der Waals surface area (Å²) < 4.78 is 10.7. The van der Waals surface area contributed by atoms with Crippen molar-refractivity contribution >= 4 is 17.8 Å². The first-order chi connectivity index (χ1) is 14.9. The predicted octanol–water partition coefficient (Wildman–Crippen LogP) is 2.45. The van der Waals surface area contributed by atoms with Gasteiger partial charge in [-0.15, -0.1) is 0 Å². The van der Waals surface area contributed by atoms with Crippen LogP contribution in [0, 0.1) is 6.92 Å². The number of aryl methyl sites for hydroxylation is 1. The number of fused-ring (bicyclic) bond motifs is 1. The molecular weight excluding hydrogens is 398 g/mol. The smallest absolute Gasteiger partial charge is 0.325 e. The fraction of sp³-hybridized carbons (Fsp3) is 0.348. The monoisotopic (exact) mass is 421 g/mol. The minimum atomic E-state index is -1.08. The summed E-state index contributed by atoms with van der Waals surface area (Å²) in [6.45, 7) is 3.01. The first-order valence-corrected chi connectivity index (χ1v) is 10.3. The van der Waals surface area contributed by atoms with E-state index in [2.05, 4.69) is 5.32 Å². The summed E-state index contributed by atoms with van der Waals surface area (Å²) in [7, 11) is 0. The van der Waals surface area contributed by atoms with Crippen LogP contribution in [-0.4, -0.2) is 53.1 Å². The largest absolute Gasteiger partial charge is 0.454 e. The quantitative estimate of drug-likeness (QED) is 0.770. The lowest BCUT2D eigenvalue weighted by Gasteiger charge is -2.38. The highest BCUT2D eigenvalue weighted by atomic mass is 16.7. The normalized spacial score (nSPS) is 22.2. The van der Waals surface area contributed by atoms with Gasteiger partial charge in [-0.3, -0.25) is 14.5 Å². The van der Waals surface area contributed by atoms with E-state index in [1.807, 2.05) is 31.2 Å². The first kappa shape index (κ1) is 19.4. The van der Waals surface area contributed by atoms with Crippen LogP contribution in [0.2, 0.25) is 0 Å². The first-order valence-electron chi connectivity index (χ1n) is 10.3. The van der Waals surface area contributed by atoms with Gasteiger partial charge in [0.05, 0.1) is 13.1 Å². The minimum absolute atomic E-state index is 0.136. The Morgan fingerprint density at radius 2 is 1.87 bits per heavy atom. The summed E-state index contributed by atoms with van der Waals surface area (Å²) in [5.74, 6) is 0.668. The molecular formula is C23H23N3O5. The van der Waals surface area contributed by atoms with Crippen molar-refractivity contribution in [3.63, 3.8) is 0 Å². The van der Waals surface area contributed by atoms with Crippen LogP contribution in [0.15, 0.2) is 42.5 Å². The molecule has 4 amide bonds. The lowest BCUT2D eigenvalue weighted by molar-refractivity contribution is -0.133. The Balaban J connectivity index is 1.34. The molecule has 5 rings (SSSR count). The molecule has 2 aromatic carbocycles. The fourth-order valence-corrected chi connectivity index (χ4v) is 4.41. The third kappa shape index (κ3) is 3.37. The standard InChI is InChI=1S/C23H23N3O5/c1-15-3-5-16(6-4-15)12-26-21(28)23(24-22(26)29)9-2-10-25(13-23)20(27)17-7-8-18-19(11-17)31-14-30-18/h3-8,11H,2,9-10,12-14H2,1H3,(H,24,29). The van der Waals surface area contributed by atoms with Gasteiger partial charge in [0.1, 0.15) is 5.54 Å². The molecule has 1 unspecified atom stereocenters. The lowest BCUT2D eigenvalue weighted by atomic mass is 9.88. The summed E-state index contributed by atoms with van der Waals surface area (Å²) in [5.41, 5.74) is 1.39. The summed E-state index contributed by atoms with van der Waals surface area (Å²) >= 11 is 0. The summed E-state index contributed by atoms with van der Waals surface area (Å²) in [4.78, 5) is 42.0. The Kier molecular flexibility index (Phi) is 4.57. The van der Waals surface area contributed by atoms with Gasteiger partial charge in [0.2, 0.25) is 6.79 Å². The Morgan fingerprint density at radius 1 is 1.10 bits per heavy atom.